The number of nitrogens with zero attached hydrogens (tertiary/aromatic N) is 1. The van der Waals surface area contributed by atoms with Gasteiger partial charge in [0.15, 0.2) is 0 Å². The Hall–Kier alpha value is -3.77. The van der Waals surface area contributed by atoms with Crippen molar-refractivity contribution < 1.29 is 29.8 Å². The van der Waals surface area contributed by atoms with Crippen LogP contribution in [0.4, 0.5) is 8.78 Å². The normalized spacial score (nSPS) is 9.85. The molecule has 0 N–H and O–H groups in total. The molecule has 6 aromatic rings. The number of aromatic nitrogens is 1. The predicted octanol–water partition coefficient (Wildman–Crippen LogP) is 7.80. The SMILES string of the molecule is Cc1cc[c-]cc1.Fc1c[c-]c(-c2ccccn2)c(F)c1.[Pt+2].c1ccc([PH+](c2ccccc2)c2ccccc2)cc1. The summed E-state index contributed by atoms with van der Waals surface area (Å²) in [5.41, 5.74) is 1.93. The van der Waals surface area contributed by atoms with Crippen LogP contribution < -0.4 is 15.9 Å². The van der Waals surface area contributed by atoms with Gasteiger partial charge in [-0.15, -0.1) is 12.1 Å². The second-order valence-electron chi connectivity index (χ2n) is 8.81. The number of benzene rings is 5. The Morgan fingerprint density at radius 2 is 1.12 bits per heavy atom. The Labute approximate surface area is 257 Å². The van der Waals surface area contributed by atoms with Crippen molar-refractivity contribution in [2.75, 3.05) is 0 Å². The Bertz CT molecular complexity index is 1460. The van der Waals surface area contributed by atoms with Gasteiger partial charge in [0, 0.05) is 17.8 Å². The molecule has 0 unspecified atom stereocenters. The van der Waals surface area contributed by atoms with Crippen LogP contribution in [0.15, 0.2) is 152 Å². The minimum atomic E-state index is -0.877. The summed E-state index contributed by atoms with van der Waals surface area (Å²) in [6, 6.07) is 52.8. The summed E-state index contributed by atoms with van der Waals surface area (Å²) >= 11 is 0. The first-order valence-electron chi connectivity index (χ1n) is 12.9. The van der Waals surface area contributed by atoms with Crippen LogP contribution >= 0.6 is 7.92 Å². The molecule has 0 radical (unpaired) electrons. The summed E-state index contributed by atoms with van der Waals surface area (Å²) in [7, 11) is -0.877. The van der Waals surface area contributed by atoms with Gasteiger partial charge in [0.2, 0.25) is 0 Å². The van der Waals surface area contributed by atoms with E-state index in [0.717, 1.165) is 12.1 Å². The third-order valence-electron chi connectivity index (χ3n) is 5.85. The van der Waals surface area contributed by atoms with Crippen molar-refractivity contribution in [2.45, 2.75) is 6.92 Å². The quantitative estimate of drug-likeness (QED) is 0.133. The molecule has 0 aliphatic carbocycles. The van der Waals surface area contributed by atoms with Crippen molar-refractivity contribution in [3.05, 3.63) is 181 Å². The number of hydrogen-bond acceptors (Lipinski definition) is 1. The van der Waals surface area contributed by atoms with Crippen LogP contribution in [-0.2, 0) is 21.1 Å². The third-order valence-corrected chi connectivity index (χ3v) is 8.58. The van der Waals surface area contributed by atoms with Gasteiger partial charge < -0.3 is 4.98 Å². The second-order valence-corrected chi connectivity index (χ2v) is 11.3. The number of pyridine rings is 1. The molecule has 0 fully saturated rings. The summed E-state index contributed by atoms with van der Waals surface area (Å²) in [6.07, 6.45) is 1.55. The molecule has 0 bridgehead atoms. The van der Waals surface area contributed by atoms with E-state index in [1.807, 2.05) is 24.3 Å². The molecule has 0 aliphatic rings. The fourth-order valence-corrected chi connectivity index (χ4v) is 6.51. The molecular weight excluding hydrogens is 710 g/mol. The zero-order chi connectivity index (χ0) is 28.0. The maximum Gasteiger partial charge on any atom is 2.00 e. The van der Waals surface area contributed by atoms with Crippen molar-refractivity contribution in [3.8, 4) is 11.3 Å². The molecule has 0 saturated carbocycles. The topological polar surface area (TPSA) is 12.9 Å². The molecule has 0 spiro atoms. The summed E-state index contributed by atoms with van der Waals surface area (Å²) < 4.78 is 25.8. The molecule has 206 valence electrons. The van der Waals surface area contributed by atoms with Gasteiger partial charge in [-0.25, -0.2) is 0 Å². The number of aryl methyl sites for hydroxylation is 1. The first-order valence-corrected chi connectivity index (χ1v) is 14.4. The number of halogens is 2. The molecule has 0 aliphatic heterocycles. The van der Waals surface area contributed by atoms with E-state index >= 15 is 0 Å². The smallest absolute Gasteiger partial charge is 0.305 e. The first kappa shape index (κ1) is 31.8. The van der Waals surface area contributed by atoms with E-state index in [0.29, 0.717) is 5.69 Å². The van der Waals surface area contributed by atoms with Gasteiger partial charge >= 0.3 is 21.1 Å². The largest absolute Gasteiger partial charge is 2.00 e. The van der Waals surface area contributed by atoms with Crippen LogP contribution in [0.3, 0.4) is 0 Å². The van der Waals surface area contributed by atoms with E-state index in [1.165, 1.54) is 21.5 Å². The molecule has 5 heteroatoms. The fourth-order valence-electron chi connectivity index (χ4n) is 3.94. The molecule has 5 aromatic carbocycles. The first-order chi connectivity index (χ1) is 19.6. The maximum atomic E-state index is 13.2. The molecule has 0 amide bonds. The number of rotatable bonds is 4. The second kappa shape index (κ2) is 17.1. The van der Waals surface area contributed by atoms with Crippen LogP contribution in [0.5, 0.6) is 0 Å². The van der Waals surface area contributed by atoms with E-state index in [1.54, 1.807) is 24.4 Å². The van der Waals surface area contributed by atoms with Crippen molar-refractivity contribution in [2.24, 2.45) is 0 Å². The minimum Gasteiger partial charge on any atom is -0.305 e. The molecule has 1 aromatic heterocycles. The average molecular weight is 740 g/mol. The fraction of sp³-hybridized carbons (Fsp3) is 0.0278. The Balaban J connectivity index is 0.000000184. The van der Waals surface area contributed by atoms with Crippen molar-refractivity contribution in [3.63, 3.8) is 0 Å². The van der Waals surface area contributed by atoms with Crippen LogP contribution in [0.25, 0.3) is 11.3 Å². The van der Waals surface area contributed by atoms with Gasteiger partial charge in [0.05, 0.1) is 7.92 Å². The minimum absolute atomic E-state index is 0. The van der Waals surface area contributed by atoms with Crippen molar-refractivity contribution in [1.29, 1.82) is 0 Å². The van der Waals surface area contributed by atoms with Crippen LogP contribution in [-0.4, -0.2) is 4.98 Å². The maximum absolute atomic E-state index is 13.2. The van der Waals surface area contributed by atoms with E-state index in [-0.39, 0.29) is 26.6 Å². The van der Waals surface area contributed by atoms with E-state index in [4.69, 9.17) is 0 Å². The monoisotopic (exact) mass is 739 g/mol. The van der Waals surface area contributed by atoms with Crippen molar-refractivity contribution >= 4 is 23.8 Å². The zero-order valence-electron chi connectivity index (χ0n) is 22.5. The summed E-state index contributed by atoms with van der Waals surface area (Å²) in [5, 5.41) is 4.31. The molecule has 6 rings (SSSR count). The molecular formula is C36H29F2NPPt+. The summed E-state index contributed by atoms with van der Waals surface area (Å²) in [6.45, 7) is 2.06. The zero-order valence-corrected chi connectivity index (χ0v) is 25.7. The van der Waals surface area contributed by atoms with Gasteiger partial charge in [-0.2, -0.15) is 35.9 Å². The van der Waals surface area contributed by atoms with E-state index in [2.05, 4.69) is 115 Å². The Kier molecular flexibility index (Phi) is 13.3. The molecule has 0 atom stereocenters. The summed E-state index contributed by atoms with van der Waals surface area (Å²) in [5.74, 6) is -1.29. The van der Waals surface area contributed by atoms with Gasteiger partial charge in [-0.3, -0.25) is 8.78 Å². The summed E-state index contributed by atoms with van der Waals surface area (Å²) in [4.78, 5) is 3.95. The van der Waals surface area contributed by atoms with Gasteiger partial charge in [0.1, 0.15) is 15.9 Å². The van der Waals surface area contributed by atoms with Gasteiger partial charge in [-0.1, -0.05) is 85.3 Å². The van der Waals surface area contributed by atoms with Gasteiger partial charge in [0.25, 0.3) is 0 Å². The number of hydrogen-bond donors (Lipinski definition) is 0. The Morgan fingerprint density at radius 3 is 1.51 bits per heavy atom. The van der Waals surface area contributed by atoms with Gasteiger partial charge in [-0.05, 0) is 48.2 Å². The molecule has 1 nitrogen and oxygen atoms in total. The van der Waals surface area contributed by atoms with E-state index < -0.39 is 19.6 Å². The van der Waals surface area contributed by atoms with Crippen LogP contribution in [0.2, 0.25) is 0 Å². The average Bonchev–Trinajstić information content (AvgIpc) is 3.01. The molecule has 1 heterocycles. The Morgan fingerprint density at radius 1 is 0.634 bits per heavy atom. The molecule has 0 saturated heterocycles. The van der Waals surface area contributed by atoms with Crippen LogP contribution in [0.1, 0.15) is 5.56 Å². The predicted molar refractivity (Wildman–Crippen MR) is 165 cm³/mol. The third kappa shape index (κ3) is 9.98. The van der Waals surface area contributed by atoms with Crippen molar-refractivity contribution in [1.82, 2.24) is 4.98 Å². The molecule has 41 heavy (non-hydrogen) atoms. The van der Waals surface area contributed by atoms with Crippen LogP contribution in [0, 0.1) is 30.7 Å². The van der Waals surface area contributed by atoms with E-state index in [9.17, 15) is 8.78 Å². The standard InChI is InChI=1S/C18H15P.C11H6F2N.C7H7.Pt/c1-4-10-16(11-5-1)19(17-12-6-2-7-13-17)18-14-8-3-9-15-18;12-8-4-5-9(10(13)7-8)11-3-1-2-6-14-11;1-7-5-3-2-4-6-7;/h1-15H;1-4,6-7H;3-6H,1H3;/q;2*-1;+2/p+1.